The molecular formula is C7H11NO3. The van der Waals surface area contributed by atoms with E-state index in [2.05, 4.69) is 0 Å². The van der Waals surface area contributed by atoms with E-state index in [-0.39, 0.29) is 17.6 Å². The summed E-state index contributed by atoms with van der Waals surface area (Å²) in [4.78, 5) is 21.0. The smallest absolute Gasteiger partial charge is 0.320 e. The molecule has 0 aliphatic heterocycles. The molecule has 1 saturated carbocycles. The zero-order chi connectivity index (χ0) is 8.59. The Morgan fingerprint density at radius 3 is 2.45 bits per heavy atom. The van der Waals surface area contributed by atoms with Gasteiger partial charge >= 0.3 is 5.97 Å². The Hall–Kier alpha value is -0.900. The second-order valence-corrected chi connectivity index (χ2v) is 2.98. The number of hydrogen-bond donors (Lipinski definition) is 2. The van der Waals surface area contributed by atoms with Crippen LogP contribution in [0.4, 0.5) is 0 Å². The largest absolute Gasteiger partial charge is 0.480 e. The van der Waals surface area contributed by atoms with Crippen molar-refractivity contribution in [1.29, 1.82) is 0 Å². The minimum atomic E-state index is -1.02. The summed E-state index contributed by atoms with van der Waals surface area (Å²) in [5, 5.41) is 8.46. The molecule has 4 nitrogen and oxygen atoms in total. The van der Waals surface area contributed by atoms with E-state index >= 15 is 0 Å². The molecule has 0 heterocycles. The van der Waals surface area contributed by atoms with Crippen LogP contribution < -0.4 is 5.73 Å². The Kier molecular flexibility index (Phi) is 1.95. The number of nitrogens with two attached hydrogens (primary N) is 1. The van der Waals surface area contributed by atoms with Gasteiger partial charge in [-0.25, -0.2) is 0 Å². The Balaban J connectivity index is 2.43. The van der Waals surface area contributed by atoms with Gasteiger partial charge in [-0.1, -0.05) is 0 Å². The third-order valence-electron chi connectivity index (χ3n) is 2.11. The molecule has 0 radical (unpaired) electrons. The summed E-state index contributed by atoms with van der Waals surface area (Å²) < 4.78 is 0. The maximum absolute atomic E-state index is 10.7. The van der Waals surface area contributed by atoms with Crippen molar-refractivity contribution in [2.45, 2.75) is 19.4 Å². The van der Waals surface area contributed by atoms with Gasteiger partial charge in [0.25, 0.3) is 0 Å². The van der Waals surface area contributed by atoms with E-state index in [1.165, 1.54) is 6.92 Å². The van der Waals surface area contributed by atoms with Crippen molar-refractivity contribution in [3.8, 4) is 0 Å². The Bertz CT molecular complexity index is 202. The second kappa shape index (κ2) is 2.62. The summed E-state index contributed by atoms with van der Waals surface area (Å²) in [5.41, 5.74) is 5.30. The molecule has 1 aliphatic carbocycles. The summed E-state index contributed by atoms with van der Waals surface area (Å²) in [5.74, 6) is -1.18. The quantitative estimate of drug-likeness (QED) is 0.585. The van der Waals surface area contributed by atoms with E-state index in [1.807, 2.05) is 0 Å². The molecule has 0 bridgehead atoms. The lowest BCUT2D eigenvalue weighted by Gasteiger charge is -2.02. The van der Waals surface area contributed by atoms with Crippen LogP contribution in [-0.2, 0) is 9.59 Å². The fraction of sp³-hybridized carbons (Fsp3) is 0.714. The maximum atomic E-state index is 10.7. The van der Waals surface area contributed by atoms with Gasteiger partial charge < -0.3 is 10.8 Å². The first-order chi connectivity index (χ1) is 5.04. The molecule has 0 spiro atoms. The van der Waals surface area contributed by atoms with E-state index in [4.69, 9.17) is 10.8 Å². The highest BCUT2D eigenvalue weighted by molar-refractivity contribution is 5.84. The monoisotopic (exact) mass is 157 g/mol. The molecule has 3 atom stereocenters. The standard InChI is InChI=1S/C7H11NO3/c1-3(9)4-2-5(4)6(8)7(10)11/h4-6H,2,8H2,1H3,(H,10,11). The number of carboxylic acid groups (broad SMARTS) is 1. The first-order valence-electron chi connectivity index (χ1n) is 3.53. The molecular weight excluding hydrogens is 146 g/mol. The minimum absolute atomic E-state index is 0.0479. The van der Waals surface area contributed by atoms with Gasteiger partial charge in [0.05, 0.1) is 0 Å². The molecule has 62 valence electrons. The fourth-order valence-electron chi connectivity index (χ4n) is 1.26. The number of carbonyl (C=O) groups is 2. The molecule has 0 aromatic rings. The fourth-order valence-corrected chi connectivity index (χ4v) is 1.26. The molecule has 1 aliphatic rings. The van der Waals surface area contributed by atoms with E-state index in [0.717, 1.165) is 0 Å². The SMILES string of the molecule is CC(=O)C1CC1C(N)C(=O)O. The van der Waals surface area contributed by atoms with Crippen molar-refractivity contribution in [2.24, 2.45) is 17.6 Å². The van der Waals surface area contributed by atoms with Gasteiger partial charge in [-0.3, -0.25) is 9.59 Å². The van der Waals surface area contributed by atoms with Crippen LogP contribution in [0.1, 0.15) is 13.3 Å². The number of Topliss-reactive ketones (excluding diaryl/α,β-unsaturated/α-hetero) is 1. The van der Waals surface area contributed by atoms with Crippen LogP contribution in [0.15, 0.2) is 0 Å². The van der Waals surface area contributed by atoms with Crippen molar-refractivity contribution in [3.05, 3.63) is 0 Å². The third-order valence-corrected chi connectivity index (χ3v) is 2.11. The second-order valence-electron chi connectivity index (χ2n) is 2.98. The zero-order valence-electron chi connectivity index (χ0n) is 6.28. The van der Waals surface area contributed by atoms with Crippen LogP contribution in [0.25, 0.3) is 0 Å². The zero-order valence-corrected chi connectivity index (χ0v) is 6.28. The molecule has 0 amide bonds. The summed E-state index contributed by atoms with van der Waals surface area (Å²) >= 11 is 0. The summed E-state index contributed by atoms with van der Waals surface area (Å²) in [7, 11) is 0. The van der Waals surface area contributed by atoms with Crippen molar-refractivity contribution < 1.29 is 14.7 Å². The summed E-state index contributed by atoms with van der Waals surface area (Å²) in [6, 6.07) is -0.858. The van der Waals surface area contributed by atoms with Crippen LogP contribution in [0.3, 0.4) is 0 Å². The van der Waals surface area contributed by atoms with Crippen molar-refractivity contribution in [1.82, 2.24) is 0 Å². The summed E-state index contributed by atoms with van der Waals surface area (Å²) in [6.07, 6.45) is 0.642. The van der Waals surface area contributed by atoms with E-state index in [0.29, 0.717) is 6.42 Å². The average Bonchev–Trinajstić information content (AvgIpc) is 2.63. The molecule has 0 aromatic heterocycles. The van der Waals surface area contributed by atoms with Gasteiger partial charge in [0.15, 0.2) is 0 Å². The Labute approximate surface area is 64.4 Å². The predicted molar refractivity (Wildman–Crippen MR) is 37.9 cm³/mol. The molecule has 11 heavy (non-hydrogen) atoms. The number of ketones is 1. The number of rotatable bonds is 3. The number of carbonyl (C=O) groups excluding carboxylic acids is 1. The number of hydrogen-bond acceptors (Lipinski definition) is 3. The first-order valence-corrected chi connectivity index (χ1v) is 3.53. The lowest BCUT2D eigenvalue weighted by molar-refractivity contribution is -0.139. The molecule has 3 N–H and O–H groups in total. The minimum Gasteiger partial charge on any atom is -0.480 e. The van der Waals surface area contributed by atoms with Crippen molar-refractivity contribution >= 4 is 11.8 Å². The van der Waals surface area contributed by atoms with Crippen molar-refractivity contribution in [3.63, 3.8) is 0 Å². The molecule has 4 heteroatoms. The van der Waals surface area contributed by atoms with Crippen molar-refractivity contribution in [2.75, 3.05) is 0 Å². The topological polar surface area (TPSA) is 80.4 Å². The van der Waals surface area contributed by atoms with Crippen LogP contribution >= 0.6 is 0 Å². The molecule has 1 rings (SSSR count). The summed E-state index contributed by atoms with van der Waals surface area (Å²) in [6.45, 7) is 1.47. The highest BCUT2D eigenvalue weighted by atomic mass is 16.4. The van der Waals surface area contributed by atoms with Gasteiger partial charge in [-0.15, -0.1) is 0 Å². The Morgan fingerprint density at radius 1 is 1.64 bits per heavy atom. The van der Waals surface area contributed by atoms with Crippen LogP contribution in [0.2, 0.25) is 0 Å². The predicted octanol–water partition coefficient (Wildman–Crippen LogP) is -0.377. The average molecular weight is 157 g/mol. The maximum Gasteiger partial charge on any atom is 0.320 e. The van der Waals surface area contributed by atoms with E-state index in [1.54, 1.807) is 0 Å². The van der Waals surface area contributed by atoms with Gasteiger partial charge in [-0.2, -0.15) is 0 Å². The normalized spacial score (nSPS) is 31.1. The van der Waals surface area contributed by atoms with Crippen LogP contribution in [0, 0.1) is 11.8 Å². The van der Waals surface area contributed by atoms with Gasteiger partial charge in [0.2, 0.25) is 0 Å². The first kappa shape index (κ1) is 8.20. The molecule has 0 saturated heterocycles. The highest BCUT2D eigenvalue weighted by Crippen LogP contribution is 2.41. The molecule has 0 aromatic carbocycles. The van der Waals surface area contributed by atoms with E-state index < -0.39 is 12.0 Å². The number of carboxylic acids is 1. The molecule has 1 fully saturated rings. The van der Waals surface area contributed by atoms with E-state index in [9.17, 15) is 9.59 Å². The van der Waals surface area contributed by atoms with Gasteiger partial charge in [0, 0.05) is 5.92 Å². The van der Waals surface area contributed by atoms with Crippen LogP contribution in [0.5, 0.6) is 0 Å². The highest BCUT2D eigenvalue weighted by Gasteiger charge is 2.47. The number of aliphatic carboxylic acids is 1. The van der Waals surface area contributed by atoms with Gasteiger partial charge in [-0.05, 0) is 19.3 Å². The Morgan fingerprint density at radius 2 is 2.18 bits per heavy atom. The molecule has 3 unspecified atom stereocenters. The lowest BCUT2D eigenvalue weighted by atomic mass is 10.1. The van der Waals surface area contributed by atoms with Gasteiger partial charge in [0.1, 0.15) is 11.8 Å². The third kappa shape index (κ3) is 1.57. The lowest BCUT2D eigenvalue weighted by Crippen LogP contribution is -2.33. The van der Waals surface area contributed by atoms with Crippen LogP contribution in [-0.4, -0.2) is 22.9 Å².